The maximum atomic E-state index is 9.87. The summed E-state index contributed by atoms with van der Waals surface area (Å²) in [5.74, 6) is 0.883. The molecule has 0 fully saturated rings. The average Bonchev–Trinajstić information content (AvgIpc) is 2.50. The molecule has 0 aliphatic heterocycles. The van der Waals surface area contributed by atoms with Gasteiger partial charge in [0.05, 0.1) is 10.7 Å². The Kier molecular flexibility index (Phi) is 4.00. The second-order valence-electron chi connectivity index (χ2n) is 3.34. The fourth-order valence-electron chi connectivity index (χ4n) is 1.39. The van der Waals surface area contributed by atoms with E-state index in [0.717, 1.165) is 17.3 Å². The number of hydrogen-bond donors (Lipinski definition) is 1. The van der Waals surface area contributed by atoms with Gasteiger partial charge in [0, 0.05) is 0 Å². The van der Waals surface area contributed by atoms with E-state index in [1.807, 2.05) is 6.92 Å². The van der Waals surface area contributed by atoms with Gasteiger partial charge in [-0.05, 0) is 34.3 Å². The molecule has 1 heterocycles. The van der Waals surface area contributed by atoms with Crippen LogP contribution in [0.3, 0.4) is 0 Å². The zero-order valence-electron chi connectivity index (χ0n) is 7.96. The second kappa shape index (κ2) is 4.82. The Balaban J connectivity index is 2.67. The van der Waals surface area contributed by atoms with Crippen LogP contribution in [-0.2, 0) is 0 Å². The summed E-state index contributed by atoms with van der Waals surface area (Å²) in [7, 11) is 0. The molecule has 1 aromatic heterocycles. The van der Waals surface area contributed by atoms with Crippen molar-refractivity contribution in [3.63, 3.8) is 0 Å². The molecule has 3 heteroatoms. The monoisotopic (exact) mass is 246 g/mol. The topological polar surface area (TPSA) is 33.4 Å². The molecule has 0 aliphatic rings. The van der Waals surface area contributed by atoms with Crippen LogP contribution in [0.1, 0.15) is 38.6 Å². The minimum atomic E-state index is -0.496. The molecule has 1 rings (SSSR count). The molecule has 0 amide bonds. The largest absolute Gasteiger partial charge is 0.465 e. The fourth-order valence-corrected chi connectivity index (χ4v) is 1.82. The lowest BCUT2D eigenvalue weighted by atomic mass is 9.98. The van der Waals surface area contributed by atoms with Gasteiger partial charge in [-0.3, -0.25) is 0 Å². The van der Waals surface area contributed by atoms with Crippen LogP contribution in [0.5, 0.6) is 0 Å². The summed E-state index contributed by atoms with van der Waals surface area (Å²) in [6.45, 7) is 4.14. The summed E-state index contributed by atoms with van der Waals surface area (Å²) in [5.41, 5.74) is 0. The lowest BCUT2D eigenvalue weighted by molar-refractivity contribution is 0.0887. The van der Waals surface area contributed by atoms with Crippen molar-refractivity contribution >= 4 is 15.9 Å². The standard InChI is InChI=1S/C10H15BrO2/c1-3-4-7(2)9(12)10-8(11)5-6-13-10/h5-7,9,12H,3-4H2,1-2H3. The third kappa shape index (κ3) is 2.58. The molecule has 1 aromatic rings. The van der Waals surface area contributed by atoms with Gasteiger partial charge >= 0.3 is 0 Å². The van der Waals surface area contributed by atoms with Gasteiger partial charge in [0.15, 0.2) is 0 Å². The van der Waals surface area contributed by atoms with E-state index in [-0.39, 0.29) is 5.92 Å². The normalized spacial score (nSPS) is 15.7. The minimum Gasteiger partial charge on any atom is -0.465 e. The molecule has 2 atom stereocenters. The van der Waals surface area contributed by atoms with Crippen LogP contribution in [0.2, 0.25) is 0 Å². The summed E-state index contributed by atoms with van der Waals surface area (Å²) in [4.78, 5) is 0. The van der Waals surface area contributed by atoms with Crippen LogP contribution in [-0.4, -0.2) is 5.11 Å². The Morgan fingerprint density at radius 3 is 2.77 bits per heavy atom. The van der Waals surface area contributed by atoms with E-state index in [0.29, 0.717) is 5.76 Å². The number of aliphatic hydroxyl groups is 1. The second-order valence-corrected chi connectivity index (χ2v) is 4.20. The molecular weight excluding hydrogens is 232 g/mol. The summed E-state index contributed by atoms with van der Waals surface area (Å²) in [6.07, 6.45) is 3.18. The molecule has 1 N–H and O–H groups in total. The average molecular weight is 247 g/mol. The van der Waals surface area contributed by atoms with Crippen molar-refractivity contribution in [2.24, 2.45) is 5.92 Å². The highest BCUT2D eigenvalue weighted by Crippen LogP contribution is 2.31. The first-order valence-corrected chi connectivity index (χ1v) is 5.37. The maximum absolute atomic E-state index is 9.87. The summed E-state index contributed by atoms with van der Waals surface area (Å²) in [5, 5.41) is 9.87. The van der Waals surface area contributed by atoms with Gasteiger partial charge in [0.1, 0.15) is 11.9 Å². The van der Waals surface area contributed by atoms with E-state index >= 15 is 0 Å². The van der Waals surface area contributed by atoms with E-state index in [2.05, 4.69) is 22.9 Å². The van der Waals surface area contributed by atoms with Crippen LogP contribution in [0.15, 0.2) is 21.2 Å². The number of aliphatic hydroxyl groups excluding tert-OH is 1. The summed E-state index contributed by atoms with van der Waals surface area (Å²) < 4.78 is 6.05. The first-order chi connectivity index (χ1) is 6.16. The van der Waals surface area contributed by atoms with E-state index in [4.69, 9.17) is 4.42 Å². The van der Waals surface area contributed by atoms with Crippen molar-refractivity contribution < 1.29 is 9.52 Å². The zero-order valence-corrected chi connectivity index (χ0v) is 9.54. The summed E-state index contributed by atoms with van der Waals surface area (Å²) >= 11 is 3.33. The van der Waals surface area contributed by atoms with Gasteiger partial charge in [-0.2, -0.15) is 0 Å². The predicted octanol–water partition coefficient (Wildman–Crippen LogP) is 3.51. The Morgan fingerprint density at radius 1 is 1.62 bits per heavy atom. The number of halogens is 1. The quantitative estimate of drug-likeness (QED) is 0.883. The molecule has 0 saturated heterocycles. The first-order valence-electron chi connectivity index (χ1n) is 4.57. The smallest absolute Gasteiger partial charge is 0.146 e. The van der Waals surface area contributed by atoms with E-state index in [1.165, 1.54) is 0 Å². The van der Waals surface area contributed by atoms with Crippen molar-refractivity contribution in [2.75, 3.05) is 0 Å². The van der Waals surface area contributed by atoms with Crippen molar-refractivity contribution in [3.05, 3.63) is 22.6 Å². The van der Waals surface area contributed by atoms with Crippen molar-refractivity contribution in [2.45, 2.75) is 32.8 Å². The van der Waals surface area contributed by atoms with Crippen molar-refractivity contribution in [1.82, 2.24) is 0 Å². The third-order valence-corrected chi connectivity index (χ3v) is 2.85. The summed E-state index contributed by atoms with van der Waals surface area (Å²) in [6, 6.07) is 1.80. The number of hydrogen-bond acceptors (Lipinski definition) is 2. The Hall–Kier alpha value is -0.280. The fraction of sp³-hybridized carbons (Fsp3) is 0.600. The SMILES string of the molecule is CCCC(C)C(O)c1occc1Br. The van der Waals surface area contributed by atoms with Gasteiger partial charge < -0.3 is 9.52 Å². The highest BCUT2D eigenvalue weighted by molar-refractivity contribution is 9.10. The first kappa shape index (κ1) is 10.8. The van der Waals surface area contributed by atoms with Crippen LogP contribution in [0.4, 0.5) is 0 Å². The molecule has 0 spiro atoms. The molecule has 0 saturated carbocycles. The lowest BCUT2D eigenvalue weighted by Gasteiger charge is -2.16. The highest BCUT2D eigenvalue weighted by Gasteiger charge is 2.20. The molecule has 0 aliphatic carbocycles. The van der Waals surface area contributed by atoms with Gasteiger partial charge in [0.2, 0.25) is 0 Å². The van der Waals surface area contributed by atoms with E-state index in [9.17, 15) is 5.11 Å². The molecule has 2 unspecified atom stereocenters. The minimum absolute atomic E-state index is 0.243. The maximum Gasteiger partial charge on any atom is 0.146 e. The van der Waals surface area contributed by atoms with E-state index < -0.39 is 6.10 Å². The zero-order chi connectivity index (χ0) is 9.84. The van der Waals surface area contributed by atoms with Gasteiger partial charge in [-0.25, -0.2) is 0 Å². The number of furan rings is 1. The van der Waals surface area contributed by atoms with Crippen molar-refractivity contribution in [1.29, 1.82) is 0 Å². The molecule has 0 bridgehead atoms. The predicted molar refractivity (Wildman–Crippen MR) is 55.4 cm³/mol. The molecule has 2 nitrogen and oxygen atoms in total. The molecule has 0 aromatic carbocycles. The Morgan fingerprint density at radius 2 is 2.31 bits per heavy atom. The molecular formula is C10H15BrO2. The highest BCUT2D eigenvalue weighted by atomic mass is 79.9. The van der Waals surface area contributed by atoms with Gasteiger partial charge in [0.25, 0.3) is 0 Å². The van der Waals surface area contributed by atoms with E-state index in [1.54, 1.807) is 12.3 Å². The van der Waals surface area contributed by atoms with Crippen LogP contribution in [0.25, 0.3) is 0 Å². The van der Waals surface area contributed by atoms with Crippen LogP contribution in [0, 0.1) is 5.92 Å². The van der Waals surface area contributed by atoms with Crippen LogP contribution < -0.4 is 0 Å². The third-order valence-electron chi connectivity index (χ3n) is 2.20. The number of rotatable bonds is 4. The lowest BCUT2D eigenvalue weighted by Crippen LogP contribution is -2.08. The molecule has 0 radical (unpaired) electrons. The Bertz CT molecular complexity index is 257. The van der Waals surface area contributed by atoms with Gasteiger partial charge in [-0.15, -0.1) is 0 Å². The van der Waals surface area contributed by atoms with Crippen molar-refractivity contribution in [3.8, 4) is 0 Å². The molecule has 74 valence electrons. The molecule has 13 heavy (non-hydrogen) atoms. The van der Waals surface area contributed by atoms with Gasteiger partial charge in [-0.1, -0.05) is 20.3 Å². The Labute approximate surface area is 87.1 Å². The van der Waals surface area contributed by atoms with Crippen LogP contribution >= 0.6 is 15.9 Å².